The second-order valence-corrected chi connectivity index (χ2v) is 7.07. The molecule has 1 heterocycles. The van der Waals surface area contributed by atoms with E-state index in [-0.39, 0.29) is 17.7 Å². The summed E-state index contributed by atoms with van der Waals surface area (Å²) in [5.41, 5.74) is 1.19. The molecule has 7 heteroatoms. The molecule has 1 atom stereocenters. The monoisotopic (exact) mass is 447 g/mol. The van der Waals surface area contributed by atoms with Crippen molar-refractivity contribution in [3.63, 3.8) is 0 Å². The van der Waals surface area contributed by atoms with Crippen LogP contribution in [0.5, 0.6) is 11.5 Å². The first-order chi connectivity index (χ1) is 13.4. The summed E-state index contributed by atoms with van der Waals surface area (Å²) in [4.78, 5) is 16.4. The van der Waals surface area contributed by atoms with Gasteiger partial charge in [0, 0.05) is 5.56 Å². The fourth-order valence-corrected chi connectivity index (χ4v) is 3.09. The molecule has 0 bridgehead atoms. The van der Waals surface area contributed by atoms with Crippen LogP contribution < -0.4 is 9.47 Å². The number of esters is 1. The van der Waals surface area contributed by atoms with E-state index in [1.807, 2.05) is 13.8 Å². The summed E-state index contributed by atoms with van der Waals surface area (Å²) in [5.74, 6) is 0.159. The number of cyclic esters (lactones) is 1. The van der Waals surface area contributed by atoms with Crippen molar-refractivity contribution in [1.29, 1.82) is 0 Å². The largest absolute Gasteiger partial charge is 0.493 e. The fourth-order valence-electron chi connectivity index (χ4n) is 2.53. The van der Waals surface area contributed by atoms with Crippen molar-refractivity contribution in [2.75, 3.05) is 7.11 Å². The van der Waals surface area contributed by atoms with Gasteiger partial charge in [0.2, 0.25) is 5.90 Å². The fraction of sp³-hybridized carbons (Fsp3) is 0.238. The van der Waals surface area contributed by atoms with Gasteiger partial charge in [-0.2, -0.15) is 0 Å². The SMILES string of the molecule is CCC(C)Oc1c(Br)cc(/C=C2\N=C(c3cccc(F)c3)OC2=O)cc1OC. The number of hydrogen-bond acceptors (Lipinski definition) is 5. The van der Waals surface area contributed by atoms with Gasteiger partial charge < -0.3 is 14.2 Å². The Labute approximate surface area is 171 Å². The summed E-state index contributed by atoms with van der Waals surface area (Å²) in [7, 11) is 1.55. The van der Waals surface area contributed by atoms with Gasteiger partial charge in [-0.15, -0.1) is 0 Å². The van der Waals surface area contributed by atoms with Gasteiger partial charge in [-0.25, -0.2) is 14.2 Å². The molecule has 1 aliphatic rings. The molecular formula is C21H19BrFNO4. The molecule has 0 radical (unpaired) electrons. The van der Waals surface area contributed by atoms with E-state index in [4.69, 9.17) is 14.2 Å². The third-order valence-corrected chi connectivity index (χ3v) is 4.73. The van der Waals surface area contributed by atoms with Crippen molar-refractivity contribution in [2.45, 2.75) is 26.4 Å². The zero-order valence-electron chi connectivity index (χ0n) is 15.7. The molecule has 0 fully saturated rings. The molecule has 146 valence electrons. The zero-order chi connectivity index (χ0) is 20.3. The first-order valence-electron chi connectivity index (χ1n) is 8.74. The summed E-state index contributed by atoms with van der Waals surface area (Å²) in [6.45, 7) is 4.00. The van der Waals surface area contributed by atoms with Gasteiger partial charge in [-0.1, -0.05) is 13.0 Å². The number of methoxy groups -OCH3 is 1. The molecule has 0 saturated carbocycles. The minimum absolute atomic E-state index is 0.0256. The number of benzene rings is 2. The summed E-state index contributed by atoms with van der Waals surface area (Å²) in [6, 6.07) is 9.27. The Hall–Kier alpha value is -2.67. The van der Waals surface area contributed by atoms with Gasteiger partial charge in [-0.3, -0.25) is 0 Å². The van der Waals surface area contributed by atoms with Crippen LogP contribution in [0.1, 0.15) is 31.4 Å². The van der Waals surface area contributed by atoms with Gasteiger partial charge in [0.05, 0.1) is 17.7 Å². The summed E-state index contributed by atoms with van der Waals surface area (Å²) < 4.78 is 30.6. The minimum Gasteiger partial charge on any atom is -0.493 e. The van der Waals surface area contributed by atoms with Crippen LogP contribution in [-0.4, -0.2) is 25.1 Å². The van der Waals surface area contributed by atoms with Gasteiger partial charge in [-0.05, 0) is 71.2 Å². The Kier molecular flexibility index (Phi) is 6.14. The molecule has 5 nitrogen and oxygen atoms in total. The minimum atomic E-state index is -0.603. The molecule has 0 saturated heterocycles. The summed E-state index contributed by atoms with van der Waals surface area (Å²) >= 11 is 3.49. The van der Waals surface area contributed by atoms with Crippen LogP contribution in [0.4, 0.5) is 4.39 Å². The number of hydrogen-bond donors (Lipinski definition) is 0. The number of carbonyl (C=O) groups excluding carboxylic acids is 1. The highest BCUT2D eigenvalue weighted by Crippen LogP contribution is 2.38. The molecule has 0 aromatic heterocycles. The lowest BCUT2D eigenvalue weighted by molar-refractivity contribution is -0.129. The van der Waals surface area contributed by atoms with Crippen LogP contribution in [0.3, 0.4) is 0 Å². The van der Waals surface area contributed by atoms with Gasteiger partial charge in [0.15, 0.2) is 17.2 Å². The van der Waals surface area contributed by atoms with Crippen molar-refractivity contribution in [1.82, 2.24) is 0 Å². The maximum Gasteiger partial charge on any atom is 0.363 e. The highest BCUT2D eigenvalue weighted by atomic mass is 79.9. The maximum absolute atomic E-state index is 13.4. The second-order valence-electron chi connectivity index (χ2n) is 6.22. The van der Waals surface area contributed by atoms with Crippen LogP contribution in [0, 0.1) is 5.82 Å². The molecule has 0 N–H and O–H groups in total. The molecule has 0 aliphatic carbocycles. The lowest BCUT2D eigenvalue weighted by Gasteiger charge is -2.17. The maximum atomic E-state index is 13.4. The van der Waals surface area contributed by atoms with Gasteiger partial charge in [0.25, 0.3) is 0 Å². The van der Waals surface area contributed by atoms with Crippen LogP contribution in [0.15, 0.2) is 51.6 Å². The molecule has 0 spiro atoms. The van der Waals surface area contributed by atoms with E-state index in [1.165, 1.54) is 18.2 Å². The number of nitrogens with zero attached hydrogens (tertiary/aromatic N) is 1. The average Bonchev–Trinajstić information content (AvgIpc) is 3.04. The predicted octanol–water partition coefficient (Wildman–Crippen LogP) is 5.12. The van der Waals surface area contributed by atoms with E-state index >= 15 is 0 Å². The van der Waals surface area contributed by atoms with Crippen LogP contribution in [-0.2, 0) is 9.53 Å². The molecule has 2 aromatic rings. The molecule has 2 aromatic carbocycles. The molecule has 1 unspecified atom stereocenters. The topological polar surface area (TPSA) is 57.1 Å². The normalized spacial score (nSPS) is 16.0. The lowest BCUT2D eigenvalue weighted by Crippen LogP contribution is -2.11. The van der Waals surface area contributed by atoms with Crippen molar-refractivity contribution in [3.05, 3.63) is 63.5 Å². The quantitative estimate of drug-likeness (QED) is 0.455. The average molecular weight is 448 g/mol. The standard InChI is InChI=1S/C21H19BrFNO4/c1-4-12(2)27-19-16(22)8-13(10-18(19)26-3)9-17-21(25)28-20(24-17)14-6-5-7-15(23)11-14/h5-12H,4H2,1-3H3/b17-9-. The van der Waals surface area contributed by atoms with Crippen molar-refractivity contribution >= 4 is 33.9 Å². The predicted molar refractivity (Wildman–Crippen MR) is 108 cm³/mol. The van der Waals surface area contributed by atoms with E-state index in [0.717, 1.165) is 6.42 Å². The van der Waals surface area contributed by atoms with Crippen molar-refractivity contribution in [2.24, 2.45) is 4.99 Å². The summed E-state index contributed by atoms with van der Waals surface area (Å²) in [5, 5.41) is 0. The third-order valence-electron chi connectivity index (χ3n) is 4.14. The molecule has 3 rings (SSSR count). The van der Waals surface area contributed by atoms with E-state index in [2.05, 4.69) is 20.9 Å². The van der Waals surface area contributed by atoms with Gasteiger partial charge in [0.1, 0.15) is 5.82 Å². The number of ether oxygens (including phenoxy) is 3. The molecule has 0 amide bonds. The first-order valence-corrected chi connectivity index (χ1v) is 9.53. The Morgan fingerprint density at radius 1 is 1.32 bits per heavy atom. The molecule has 28 heavy (non-hydrogen) atoms. The number of halogens is 2. The van der Waals surface area contributed by atoms with E-state index in [9.17, 15) is 9.18 Å². The second kappa shape index (κ2) is 8.56. The van der Waals surface area contributed by atoms with E-state index in [1.54, 1.807) is 31.4 Å². The van der Waals surface area contributed by atoms with E-state index in [0.29, 0.717) is 27.1 Å². The number of aliphatic imine (C=N–C) groups is 1. The molecular weight excluding hydrogens is 429 g/mol. The number of rotatable bonds is 6. The Balaban J connectivity index is 1.94. The Morgan fingerprint density at radius 3 is 2.79 bits per heavy atom. The first kappa shape index (κ1) is 20.1. The van der Waals surface area contributed by atoms with E-state index < -0.39 is 11.8 Å². The van der Waals surface area contributed by atoms with Crippen molar-refractivity contribution < 1.29 is 23.4 Å². The molecule has 1 aliphatic heterocycles. The number of carbonyl (C=O) groups is 1. The van der Waals surface area contributed by atoms with Gasteiger partial charge >= 0.3 is 5.97 Å². The highest BCUT2D eigenvalue weighted by molar-refractivity contribution is 9.10. The van der Waals surface area contributed by atoms with Crippen LogP contribution in [0.25, 0.3) is 6.08 Å². The third kappa shape index (κ3) is 4.42. The van der Waals surface area contributed by atoms with Crippen LogP contribution >= 0.6 is 15.9 Å². The zero-order valence-corrected chi connectivity index (χ0v) is 17.2. The Bertz CT molecular complexity index is 971. The Morgan fingerprint density at radius 2 is 2.11 bits per heavy atom. The van der Waals surface area contributed by atoms with Crippen molar-refractivity contribution in [3.8, 4) is 11.5 Å². The smallest absolute Gasteiger partial charge is 0.363 e. The lowest BCUT2D eigenvalue weighted by atomic mass is 10.1. The summed E-state index contributed by atoms with van der Waals surface area (Å²) in [6.07, 6.45) is 2.46. The highest BCUT2D eigenvalue weighted by Gasteiger charge is 2.25. The van der Waals surface area contributed by atoms with Crippen LogP contribution in [0.2, 0.25) is 0 Å².